The van der Waals surface area contributed by atoms with Crippen molar-refractivity contribution in [2.24, 2.45) is 0 Å². The number of rotatable bonds is 3. The normalized spacial score (nSPS) is 12.3. The van der Waals surface area contributed by atoms with Gasteiger partial charge in [0.1, 0.15) is 0 Å². The van der Waals surface area contributed by atoms with E-state index in [2.05, 4.69) is 0 Å². The Kier molecular flexibility index (Phi) is 3.53. The maximum absolute atomic E-state index is 10.0. The van der Waals surface area contributed by atoms with Crippen molar-refractivity contribution in [2.75, 3.05) is 0 Å². The molecule has 18 heavy (non-hydrogen) atoms. The van der Waals surface area contributed by atoms with Crippen molar-refractivity contribution in [3.63, 3.8) is 0 Å². The summed E-state index contributed by atoms with van der Waals surface area (Å²) in [6, 6.07) is 12.6. The topological polar surface area (TPSA) is 60.7 Å². The van der Waals surface area contributed by atoms with Crippen molar-refractivity contribution < 1.29 is 15.3 Å². The molecule has 0 bridgehead atoms. The Morgan fingerprint density at radius 1 is 1.00 bits per heavy atom. The van der Waals surface area contributed by atoms with Crippen LogP contribution in [0.4, 0.5) is 0 Å². The van der Waals surface area contributed by atoms with E-state index in [0.717, 1.165) is 11.1 Å². The highest BCUT2D eigenvalue weighted by Crippen LogP contribution is 2.41. The summed E-state index contributed by atoms with van der Waals surface area (Å²) in [5.74, 6) is -0.456. The molecule has 2 rings (SSSR count). The number of phenols is 2. The lowest BCUT2D eigenvalue weighted by Crippen LogP contribution is -1.99. The van der Waals surface area contributed by atoms with E-state index in [1.807, 2.05) is 37.3 Å². The van der Waals surface area contributed by atoms with Crippen LogP contribution in [0.3, 0.4) is 0 Å². The highest BCUT2D eigenvalue weighted by atomic mass is 16.3. The lowest BCUT2D eigenvalue weighted by molar-refractivity contribution is 0.169. The molecule has 3 heteroatoms. The number of benzene rings is 2. The zero-order valence-electron chi connectivity index (χ0n) is 10.2. The van der Waals surface area contributed by atoms with Gasteiger partial charge in [-0.15, -0.1) is 0 Å². The van der Waals surface area contributed by atoms with Gasteiger partial charge in [-0.1, -0.05) is 43.3 Å². The standard InChI is InChI=1S/C15H16O3/c1-2-12(16)14-11(8-9-13(17)15(14)18)10-6-4-3-5-7-10/h3-9,12,16-18H,2H2,1H3. The van der Waals surface area contributed by atoms with Gasteiger partial charge in [0.2, 0.25) is 0 Å². The van der Waals surface area contributed by atoms with Crippen LogP contribution in [-0.2, 0) is 0 Å². The second-order valence-electron chi connectivity index (χ2n) is 4.18. The minimum atomic E-state index is -0.799. The summed E-state index contributed by atoms with van der Waals surface area (Å²) in [5.41, 5.74) is 2.01. The highest BCUT2D eigenvalue weighted by Gasteiger charge is 2.19. The lowest BCUT2D eigenvalue weighted by Gasteiger charge is -2.17. The van der Waals surface area contributed by atoms with Crippen molar-refractivity contribution in [1.82, 2.24) is 0 Å². The lowest BCUT2D eigenvalue weighted by atomic mass is 9.94. The van der Waals surface area contributed by atoms with E-state index >= 15 is 0 Å². The number of aliphatic hydroxyl groups excluding tert-OH is 1. The van der Waals surface area contributed by atoms with E-state index in [1.165, 1.54) is 6.07 Å². The van der Waals surface area contributed by atoms with Crippen molar-refractivity contribution >= 4 is 0 Å². The van der Waals surface area contributed by atoms with Gasteiger partial charge in [0.05, 0.1) is 6.10 Å². The molecule has 0 aliphatic rings. The maximum Gasteiger partial charge on any atom is 0.163 e. The highest BCUT2D eigenvalue weighted by molar-refractivity contribution is 5.72. The van der Waals surface area contributed by atoms with Crippen molar-refractivity contribution in [3.8, 4) is 22.6 Å². The van der Waals surface area contributed by atoms with Crippen LogP contribution in [0.1, 0.15) is 25.0 Å². The summed E-state index contributed by atoms with van der Waals surface area (Å²) in [5, 5.41) is 29.5. The molecule has 0 radical (unpaired) electrons. The molecule has 1 unspecified atom stereocenters. The zero-order chi connectivity index (χ0) is 13.1. The number of hydrogen-bond acceptors (Lipinski definition) is 3. The minimum absolute atomic E-state index is 0.211. The number of phenolic OH excluding ortho intramolecular Hbond substituents is 2. The first-order chi connectivity index (χ1) is 8.65. The predicted octanol–water partition coefficient (Wildman–Crippen LogP) is 3.21. The molecule has 94 valence electrons. The van der Waals surface area contributed by atoms with Gasteiger partial charge in [0, 0.05) is 5.56 Å². The van der Waals surface area contributed by atoms with Gasteiger partial charge in [-0.05, 0) is 23.6 Å². The molecule has 3 N–H and O–H groups in total. The minimum Gasteiger partial charge on any atom is -0.504 e. The predicted molar refractivity (Wildman–Crippen MR) is 70.5 cm³/mol. The quantitative estimate of drug-likeness (QED) is 0.726. The Bertz CT molecular complexity index is 535. The number of aliphatic hydroxyl groups is 1. The SMILES string of the molecule is CCC(O)c1c(-c2ccccc2)ccc(O)c1O. The first-order valence-electron chi connectivity index (χ1n) is 5.93. The second-order valence-corrected chi connectivity index (χ2v) is 4.18. The molecule has 0 amide bonds. The third-order valence-corrected chi connectivity index (χ3v) is 3.00. The summed E-state index contributed by atoms with van der Waals surface area (Å²) in [6.45, 7) is 1.82. The zero-order valence-corrected chi connectivity index (χ0v) is 10.2. The van der Waals surface area contributed by atoms with Crippen LogP contribution in [0.2, 0.25) is 0 Å². The smallest absolute Gasteiger partial charge is 0.163 e. The summed E-state index contributed by atoms with van der Waals surface area (Å²) in [4.78, 5) is 0. The average Bonchev–Trinajstić information content (AvgIpc) is 2.42. The summed E-state index contributed by atoms with van der Waals surface area (Å²) >= 11 is 0. The molecule has 0 aliphatic heterocycles. The van der Waals surface area contributed by atoms with E-state index in [9.17, 15) is 15.3 Å². The van der Waals surface area contributed by atoms with Gasteiger partial charge >= 0.3 is 0 Å². The first-order valence-corrected chi connectivity index (χ1v) is 5.93. The van der Waals surface area contributed by atoms with Crippen LogP contribution in [0.25, 0.3) is 11.1 Å². The molecule has 3 nitrogen and oxygen atoms in total. The van der Waals surface area contributed by atoms with Crippen molar-refractivity contribution in [2.45, 2.75) is 19.4 Å². The van der Waals surface area contributed by atoms with Gasteiger partial charge < -0.3 is 15.3 Å². The van der Waals surface area contributed by atoms with Gasteiger partial charge in [-0.25, -0.2) is 0 Å². The van der Waals surface area contributed by atoms with Gasteiger partial charge in [0.25, 0.3) is 0 Å². The fourth-order valence-electron chi connectivity index (χ4n) is 2.01. The Hall–Kier alpha value is -2.00. The van der Waals surface area contributed by atoms with Gasteiger partial charge in [-0.3, -0.25) is 0 Å². The first kappa shape index (κ1) is 12.5. The molecule has 0 aliphatic carbocycles. The van der Waals surface area contributed by atoms with E-state index in [0.29, 0.717) is 12.0 Å². The molecule has 0 spiro atoms. The van der Waals surface area contributed by atoms with E-state index in [-0.39, 0.29) is 11.5 Å². The Labute approximate surface area is 106 Å². The monoisotopic (exact) mass is 244 g/mol. The molecule has 0 aromatic heterocycles. The third kappa shape index (κ3) is 2.17. The third-order valence-electron chi connectivity index (χ3n) is 3.00. The van der Waals surface area contributed by atoms with Crippen molar-refractivity contribution in [3.05, 3.63) is 48.0 Å². The van der Waals surface area contributed by atoms with Crippen LogP contribution < -0.4 is 0 Å². The molecule has 0 fully saturated rings. The maximum atomic E-state index is 10.0. The molecule has 0 saturated heterocycles. The largest absolute Gasteiger partial charge is 0.504 e. The van der Waals surface area contributed by atoms with E-state index in [1.54, 1.807) is 6.07 Å². The number of aromatic hydroxyl groups is 2. The van der Waals surface area contributed by atoms with Crippen LogP contribution >= 0.6 is 0 Å². The summed E-state index contributed by atoms with van der Waals surface area (Å²) in [6.07, 6.45) is -0.330. The summed E-state index contributed by atoms with van der Waals surface area (Å²) < 4.78 is 0. The Morgan fingerprint density at radius 2 is 1.67 bits per heavy atom. The fourth-order valence-corrected chi connectivity index (χ4v) is 2.01. The number of hydrogen-bond donors (Lipinski definition) is 3. The van der Waals surface area contributed by atoms with E-state index < -0.39 is 6.10 Å². The van der Waals surface area contributed by atoms with Gasteiger partial charge in [0.15, 0.2) is 11.5 Å². The van der Waals surface area contributed by atoms with Crippen LogP contribution in [-0.4, -0.2) is 15.3 Å². The fraction of sp³-hybridized carbons (Fsp3) is 0.200. The van der Waals surface area contributed by atoms with Crippen LogP contribution in [0.5, 0.6) is 11.5 Å². The molecule has 2 aromatic carbocycles. The molecular weight excluding hydrogens is 228 g/mol. The van der Waals surface area contributed by atoms with E-state index in [4.69, 9.17) is 0 Å². The molecule has 1 atom stereocenters. The second kappa shape index (κ2) is 5.10. The van der Waals surface area contributed by atoms with Crippen LogP contribution in [0.15, 0.2) is 42.5 Å². The molecule has 0 saturated carbocycles. The Balaban J connectivity index is 2.64. The summed E-state index contributed by atoms with van der Waals surface area (Å²) in [7, 11) is 0. The van der Waals surface area contributed by atoms with Crippen LogP contribution in [0, 0.1) is 0 Å². The molecule has 0 heterocycles. The van der Waals surface area contributed by atoms with Crippen molar-refractivity contribution in [1.29, 1.82) is 0 Å². The van der Waals surface area contributed by atoms with Gasteiger partial charge in [-0.2, -0.15) is 0 Å². The molecule has 2 aromatic rings. The average molecular weight is 244 g/mol. The Morgan fingerprint density at radius 3 is 2.28 bits per heavy atom. The molecular formula is C15H16O3.